The van der Waals surface area contributed by atoms with Crippen LogP contribution in [0.15, 0.2) is 23.7 Å². The second-order valence-corrected chi connectivity index (χ2v) is 5.27. The minimum atomic E-state index is 0.608. The molecule has 1 spiro atoms. The molecule has 0 atom stereocenters. The monoisotopic (exact) mass is 221 g/mol. The summed E-state index contributed by atoms with van der Waals surface area (Å²) in [6.45, 7) is 5.79. The van der Waals surface area contributed by atoms with Gasteiger partial charge in [-0.2, -0.15) is 0 Å². The predicted molar refractivity (Wildman–Crippen MR) is 63.2 cm³/mol. The van der Waals surface area contributed by atoms with Crippen LogP contribution < -0.4 is 16.4 Å². The van der Waals surface area contributed by atoms with Crippen LogP contribution in [0.4, 0.5) is 0 Å². The summed E-state index contributed by atoms with van der Waals surface area (Å²) in [6, 6.07) is 0. The highest BCUT2D eigenvalue weighted by Crippen LogP contribution is 2.41. The van der Waals surface area contributed by atoms with Gasteiger partial charge in [-0.15, -0.1) is 0 Å². The molecule has 3 aliphatic heterocycles. The van der Waals surface area contributed by atoms with Crippen LogP contribution in [0.3, 0.4) is 0 Å². The lowest BCUT2D eigenvalue weighted by molar-refractivity contribution is -0.302. The van der Waals surface area contributed by atoms with Crippen molar-refractivity contribution in [2.45, 2.75) is 12.8 Å². The van der Waals surface area contributed by atoms with Crippen molar-refractivity contribution in [2.75, 3.05) is 32.7 Å². The molecule has 0 bridgehead atoms. The van der Waals surface area contributed by atoms with E-state index in [2.05, 4.69) is 27.3 Å². The fourth-order valence-corrected chi connectivity index (χ4v) is 3.08. The Morgan fingerprint density at radius 2 is 2.00 bits per heavy atom. The van der Waals surface area contributed by atoms with E-state index in [-0.39, 0.29) is 0 Å². The Balaban J connectivity index is 1.64. The van der Waals surface area contributed by atoms with Crippen molar-refractivity contribution in [3.05, 3.63) is 23.7 Å². The number of dihydropyridines is 1. The smallest absolute Gasteiger partial charge is 0.167 e. The Morgan fingerprint density at radius 1 is 1.25 bits per heavy atom. The molecule has 3 aliphatic rings. The lowest BCUT2D eigenvalue weighted by Gasteiger charge is -2.54. The van der Waals surface area contributed by atoms with E-state index in [4.69, 9.17) is 0 Å². The van der Waals surface area contributed by atoms with Crippen molar-refractivity contribution in [1.29, 1.82) is 0 Å². The van der Waals surface area contributed by atoms with Crippen molar-refractivity contribution in [2.24, 2.45) is 5.41 Å². The maximum Gasteiger partial charge on any atom is 0.167 e. The number of nitrogens with one attached hydrogen (secondary N) is 2. The molecule has 3 rings (SSSR count). The van der Waals surface area contributed by atoms with E-state index >= 15 is 0 Å². The van der Waals surface area contributed by atoms with Gasteiger partial charge >= 0.3 is 0 Å². The minimum absolute atomic E-state index is 0.608. The second-order valence-electron chi connectivity index (χ2n) is 5.27. The number of nitrogens with zero attached hydrogens (tertiary/aromatic N) is 1. The van der Waals surface area contributed by atoms with Gasteiger partial charge in [-0.1, -0.05) is 0 Å². The Labute approximate surface area is 96.6 Å². The average molecular weight is 221 g/mol. The molecular formula is C12H21N4+. The summed E-state index contributed by atoms with van der Waals surface area (Å²) in [5.41, 5.74) is 7.18. The first-order valence-electron chi connectivity index (χ1n) is 6.21. The zero-order valence-corrected chi connectivity index (χ0v) is 9.76. The third-order valence-electron chi connectivity index (χ3n) is 4.08. The zero-order valence-electron chi connectivity index (χ0n) is 9.76. The molecule has 5 N–H and O–H groups in total. The average Bonchev–Trinajstić information content (AvgIpc) is 2.28. The molecule has 0 aromatic heterocycles. The molecule has 2 fully saturated rings. The third kappa shape index (κ3) is 1.62. The summed E-state index contributed by atoms with van der Waals surface area (Å²) in [7, 11) is 0. The van der Waals surface area contributed by atoms with Gasteiger partial charge in [-0.3, -0.25) is 0 Å². The number of piperidine rings is 1. The van der Waals surface area contributed by atoms with Crippen LogP contribution in [0.2, 0.25) is 0 Å². The maximum absolute atomic E-state index is 4.09. The molecule has 16 heavy (non-hydrogen) atoms. The SMILES string of the molecule is [NH3+]C1=CNCC=C1N1CC2(CCNCC2)C1. The fourth-order valence-electron chi connectivity index (χ4n) is 3.08. The van der Waals surface area contributed by atoms with Crippen LogP contribution in [-0.2, 0) is 0 Å². The molecule has 0 amide bonds. The molecule has 88 valence electrons. The summed E-state index contributed by atoms with van der Waals surface area (Å²) in [5.74, 6) is 0. The first kappa shape index (κ1) is 10.2. The Hall–Kier alpha value is -1.00. The van der Waals surface area contributed by atoms with Gasteiger partial charge in [0, 0.05) is 25.0 Å². The van der Waals surface area contributed by atoms with E-state index in [1.54, 1.807) is 0 Å². The molecule has 2 saturated heterocycles. The van der Waals surface area contributed by atoms with Gasteiger partial charge in [0.15, 0.2) is 5.70 Å². The summed E-state index contributed by atoms with van der Waals surface area (Å²) >= 11 is 0. The molecule has 0 aromatic carbocycles. The Bertz CT molecular complexity index is 331. The molecule has 0 aliphatic carbocycles. The summed E-state index contributed by atoms with van der Waals surface area (Å²) in [5, 5.41) is 6.65. The standard InChI is InChI=1S/C12H20N4/c13-10-7-15-4-1-11(10)16-8-12(9-16)2-5-14-6-3-12/h1,7,14-15H,2-6,8-9,13H2/p+1. The summed E-state index contributed by atoms with van der Waals surface area (Å²) in [4.78, 5) is 2.49. The third-order valence-corrected chi connectivity index (χ3v) is 4.08. The van der Waals surface area contributed by atoms with Gasteiger partial charge in [-0.25, -0.2) is 0 Å². The van der Waals surface area contributed by atoms with Gasteiger partial charge in [0.05, 0.1) is 11.9 Å². The highest BCUT2D eigenvalue weighted by atomic mass is 15.2. The normalized spacial score (nSPS) is 27.9. The van der Waals surface area contributed by atoms with Crippen LogP contribution in [0.25, 0.3) is 0 Å². The highest BCUT2D eigenvalue weighted by Gasteiger charge is 2.44. The number of hydrogen-bond donors (Lipinski definition) is 3. The highest BCUT2D eigenvalue weighted by molar-refractivity contribution is 5.28. The number of rotatable bonds is 1. The second kappa shape index (κ2) is 3.79. The largest absolute Gasteiger partial charge is 0.383 e. The van der Waals surface area contributed by atoms with Crippen LogP contribution in [0, 0.1) is 5.41 Å². The van der Waals surface area contributed by atoms with Gasteiger partial charge in [0.1, 0.15) is 0 Å². The zero-order chi connectivity index (χ0) is 11.0. The summed E-state index contributed by atoms with van der Waals surface area (Å²) < 4.78 is 0. The number of quaternary nitrogens is 1. The topological polar surface area (TPSA) is 54.9 Å². The molecule has 4 nitrogen and oxygen atoms in total. The first-order chi connectivity index (χ1) is 7.79. The fraction of sp³-hybridized carbons (Fsp3) is 0.667. The first-order valence-corrected chi connectivity index (χ1v) is 6.21. The van der Waals surface area contributed by atoms with Gasteiger partial charge < -0.3 is 21.3 Å². The van der Waals surface area contributed by atoms with E-state index < -0.39 is 0 Å². The van der Waals surface area contributed by atoms with Crippen molar-refractivity contribution in [3.8, 4) is 0 Å². The van der Waals surface area contributed by atoms with Gasteiger partial charge in [-0.05, 0) is 32.0 Å². The summed E-state index contributed by atoms with van der Waals surface area (Å²) in [6.07, 6.45) is 6.97. The molecule has 0 aromatic rings. The minimum Gasteiger partial charge on any atom is -0.383 e. The van der Waals surface area contributed by atoms with Crippen molar-refractivity contribution in [3.63, 3.8) is 0 Å². The molecule has 0 saturated carbocycles. The van der Waals surface area contributed by atoms with E-state index in [1.165, 1.54) is 44.7 Å². The van der Waals surface area contributed by atoms with Crippen LogP contribution in [0.5, 0.6) is 0 Å². The number of likely N-dealkylation sites (tertiary alicyclic amines) is 1. The quantitative estimate of drug-likeness (QED) is 0.546. The molecular weight excluding hydrogens is 200 g/mol. The van der Waals surface area contributed by atoms with E-state index in [9.17, 15) is 0 Å². The lowest BCUT2D eigenvalue weighted by atomic mass is 9.72. The van der Waals surface area contributed by atoms with Crippen LogP contribution in [-0.4, -0.2) is 37.6 Å². The molecule has 0 radical (unpaired) electrons. The van der Waals surface area contributed by atoms with E-state index in [0.717, 1.165) is 12.2 Å². The molecule has 3 heterocycles. The van der Waals surface area contributed by atoms with Crippen molar-refractivity contribution in [1.82, 2.24) is 15.5 Å². The van der Waals surface area contributed by atoms with Crippen LogP contribution >= 0.6 is 0 Å². The lowest BCUT2D eigenvalue weighted by Crippen LogP contribution is -2.62. The Morgan fingerprint density at radius 3 is 2.69 bits per heavy atom. The van der Waals surface area contributed by atoms with Crippen LogP contribution in [0.1, 0.15) is 12.8 Å². The van der Waals surface area contributed by atoms with Crippen molar-refractivity contribution >= 4 is 0 Å². The van der Waals surface area contributed by atoms with Crippen molar-refractivity contribution < 1.29 is 5.73 Å². The van der Waals surface area contributed by atoms with E-state index in [1.807, 2.05) is 6.20 Å². The maximum atomic E-state index is 4.09. The number of hydrogen-bond acceptors (Lipinski definition) is 3. The van der Waals surface area contributed by atoms with Gasteiger partial charge in [0.2, 0.25) is 0 Å². The predicted octanol–water partition coefficient (Wildman–Crippen LogP) is -0.758. The molecule has 4 heteroatoms. The molecule has 0 unspecified atom stereocenters. The van der Waals surface area contributed by atoms with Gasteiger partial charge in [0.25, 0.3) is 0 Å². The Kier molecular flexibility index (Phi) is 2.41. The van der Waals surface area contributed by atoms with E-state index in [0.29, 0.717) is 5.41 Å².